The number of amides is 1. The number of ether oxygens (including phenoxy) is 3. The predicted molar refractivity (Wildman–Crippen MR) is 93.2 cm³/mol. The van der Waals surface area contributed by atoms with E-state index < -0.39 is 0 Å². The molecule has 0 radical (unpaired) electrons. The number of rotatable bonds is 8. The van der Waals surface area contributed by atoms with E-state index in [0.717, 1.165) is 12.2 Å². The molecule has 0 spiro atoms. The maximum absolute atomic E-state index is 12.3. The number of hydrogen-bond donors (Lipinski definition) is 1. The Kier molecular flexibility index (Phi) is 6.49. The van der Waals surface area contributed by atoms with Crippen molar-refractivity contribution >= 4 is 5.91 Å². The van der Waals surface area contributed by atoms with E-state index in [-0.39, 0.29) is 5.91 Å². The quantitative estimate of drug-likeness (QED) is 0.756. The number of benzene rings is 2. The van der Waals surface area contributed by atoms with Crippen molar-refractivity contribution in [1.29, 1.82) is 0 Å². The SMILES string of the molecule is CCc1ccc(OCCNC(=O)c2cccc(OC)c2OC)cc1. The zero-order chi connectivity index (χ0) is 17.4. The van der Waals surface area contributed by atoms with Crippen LogP contribution < -0.4 is 19.5 Å². The van der Waals surface area contributed by atoms with Gasteiger partial charge in [-0.1, -0.05) is 25.1 Å². The van der Waals surface area contributed by atoms with E-state index in [4.69, 9.17) is 14.2 Å². The first kappa shape index (κ1) is 17.7. The molecule has 2 aromatic rings. The summed E-state index contributed by atoms with van der Waals surface area (Å²) in [5, 5.41) is 2.82. The first-order chi connectivity index (χ1) is 11.7. The van der Waals surface area contributed by atoms with Crippen LogP contribution in [0, 0.1) is 0 Å². The number of aryl methyl sites for hydroxylation is 1. The van der Waals surface area contributed by atoms with Crippen LogP contribution in [0.1, 0.15) is 22.8 Å². The van der Waals surface area contributed by atoms with Crippen LogP contribution in [0.15, 0.2) is 42.5 Å². The molecule has 2 aromatic carbocycles. The predicted octanol–water partition coefficient (Wildman–Crippen LogP) is 3.08. The zero-order valence-electron chi connectivity index (χ0n) is 14.3. The molecule has 0 aliphatic heterocycles. The summed E-state index contributed by atoms with van der Waals surface area (Å²) in [6.45, 7) is 2.90. The van der Waals surface area contributed by atoms with Crippen molar-refractivity contribution in [2.24, 2.45) is 0 Å². The average molecular weight is 329 g/mol. The molecule has 0 heterocycles. The largest absolute Gasteiger partial charge is 0.493 e. The lowest BCUT2D eigenvalue weighted by Gasteiger charge is -2.13. The highest BCUT2D eigenvalue weighted by atomic mass is 16.5. The maximum atomic E-state index is 12.3. The van der Waals surface area contributed by atoms with Crippen LogP contribution in [0.5, 0.6) is 17.2 Å². The smallest absolute Gasteiger partial charge is 0.255 e. The topological polar surface area (TPSA) is 56.8 Å². The molecular weight excluding hydrogens is 306 g/mol. The lowest BCUT2D eigenvalue weighted by atomic mass is 10.1. The Balaban J connectivity index is 1.87. The van der Waals surface area contributed by atoms with Gasteiger partial charge in [0.1, 0.15) is 12.4 Å². The molecule has 0 aliphatic rings. The van der Waals surface area contributed by atoms with Crippen molar-refractivity contribution in [3.8, 4) is 17.2 Å². The summed E-state index contributed by atoms with van der Waals surface area (Å²) in [5.74, 6) is 1.52. The van der Waals surface area contributed by atoms with Crippen LogP contribution in [0.3, 0.4) is 0 Å². The summed E-state index contributed by atoms with van der Waals surface area (Å²) in [4.78, 5) is 12.3. The third kappa shape index (κ3) is 4.41. The van der Waals surface area contributed by atoms with Crippen LogP contribution in [0.25, 0.3) is 0 Å². The van der Waals surface area contributed by atoms with Gasteiger partial charge in [-0.25, -0.2) is 0 Å². The molecule has 5 nitrogen and oxygen atoms in total. The van der Waals surface area contributed by atoms with Crippen molar-refractivity contribution in [3.05, 3.63) is 53.6 Å². The summed E-state index contributed by atoms with van der Waals surface area (Å²) in [7, 11) is 3.05. The number of carbonyl (C=O) groups is 1. The molecule has 0 saturated carbocycles. The van der Waals surface area contributed by atoms with Crippen LogP contribution in [0.2, 0.25) is 0 Å². The number of nitrogens with one attached hydrogen (secondary N) is 1. The Hall–Kier alpha value is -2.69. The first-order valence-electron chi connectivity index (χ1n) is 7.90. The van der Waals surface area contributed by atoms with E-state index in [2.05, 4.69) is 12.2 Å². The molecule has 0 aromatic heterocycles. The van der Waals surface area contributed by atoms with E-state index in [1.165, 1.54) is 19.8 Å². The van der Waals surface area contributed by atoms with E-state index >= 15 is 0 Å². The fourth-order valence-corrected chi connectivity index (χ4v) is 2.32. The van der Waals surface area contributed by atoms with E-state index in [9.17, 15) is 4.79 Å². The highest BCUT2D eigenvalue weighted by Crippen LogP contribution is 2.30. The molecule has 0 bridgehead atoms. The van der Waals surface area contributed by atoms with Gasteiger partial charge < -0.3 is 19.5 Å². The van der Waals surface area contributed by atoms with Gasteiger partial charge in [-0.15, -0.1) is 0 Å². The normalized spacial score (nSPS) is 10.1. The van der Waals surface area contributed by atoms with Crippen molar-refractivity contribution in [1.82, 2.24) is 5.32 Å². The Morgan fingerprint density at radius 1 is 1.04 bits per heavy atom. The molecular formula is C19H23NO4. The molecule has 0 aliphatic carbocycles. The molecule has 1 N–H and O–H groups in total. The monoisotopic (exact) mass is 329 g/mol. The fourth-order valence-electron chi connectivity index (χ4n) is 2.32. The van der Waals surface area contributed by atoms with Gasteiger partial charge in [-0.2, -0.15) is 0 Å². The second kappa shape index (κ2) is 8.82. The van der Waals surface area contributed by atoms with Crippen LogP contribution in [-0.2, 0) is 6.42 Å². The lowest BCUT2D eigenvalue weighted by molar-refractivity contribution is 0.0943. The van der Waals surface area contributed by atoms with Gasteiger partial charge in [-0.05, 0) is 36.2 Å². The van der Waals surface area contributed by atoms with E-state index in [0.29, 0.717) is 30.2 Å². The van der Waals surface area contributed by atoms with Gasteiger partial charge in [0.2, 0.25) is 0 Å². The van der Waals surface area contributed by atoms with Crippen molar-refractivity contribution in [2.75, 3.05) is 27.4 Å². The minimum absolute atomic E-state index is 0.226. The summed E-state index contributed by atoms with van der Waals surface area (Å²) in [5.41, 5.74) is 1.70. The highest BCUT2D eigenvalue weighted by Gasteiger charge is 2.15. The molecule has 0 unspecified atom stereocenters. The Morgan fingerprint density at radius 3 is 2.42 bits per heavy atom. The van der Waals surface area contributed by atoms with Gasteiger partial charge in [0.15, 0.2) is 11.5 Å². The Labute approximate surface area is 142 Å². The lowest BCUT2D eigenvalue weighted by Crippen LogP contribution is -2.28. The average Bonchev–Trinajstić information content (AvgIpc) is 2.64. The second-order valence-corrected chi connectivity index (χ2v) is 5.14. The summed E-state index contributed by atoms with van der Waals surface area (Å²) in [6, 6.07) is 13.1. The van der Waals surface area contributed by atoms with Gasteiger partial charge >= 0.3 is 0 Å². The number of hydrogen-bond acceptors (Lipinski definition) is 4. The summed E-state index contributed by atoms with van der Waals surface area (Å²) in [6.07, 6.45) is 0.999. The van der Waals surface area contributed by atoms with Gasteiger partial charge in [0.05, 0.1) is 26.3 Å². The van der Waals surface area contributed by atoms with Crippen LogP contribution >= 0.6 is 0 Å². The molecule has 0 saturated heterocycles. The molecule has 24 heavy (non-hydrogen) atoms. The van der Waals surface area contributed by atoms with Gasteiger partial charge in [-0.3, -0.25) is 4.79 Å². The number of para-hydroxylation sites is 1. The molecule has 0 fully saturated rings. The number of carbonyl (C=O) groups excluding carboxylic acids is 1. The standard InChI is InChI=1S/C19H23NO4/c1-4-14-8-10-15(11-9-14)24-13-12-20-19(21)16-6-5-7-17(22-2)18(16)23-3/h5-11H,4,12-13H2,1-3H3,(H,20,21). The first-order valence-corrected chi connectivity index (χ1v) is 7.90. The molecule has 128 valence electrons. The van der Waals surface area contributed by atoms with Crippen molar-refractivity contribution in [2.45, 2.75) is 13.3 Å². The number of methoxy groups -OCH3 is 2. The van der Waals surface area contributed by atoms with Crippen LogP contribution in [-0.4, -0.2) is 33.3 Å². The maximum Gasteiger partial charge on any atom is 0.255 e. The minimum atomic E-state index is -0.226. The fraction of sp³-hybridized carbons (Fsp3) is 0.316. The van der Waals surface area contributed by atoms with Gasteiger partial charge in [0, 0.05) is 0 Å². The Morgan fingerprint density at radius 2 is 1.79 bits per heavy atom. The molecule has 1 amide bonds. The molecule has 5 heteroatoms. The Bertz CT molecular complexity index is 668. The minimum Gasteiger partial charge on any atom is -0.493 e. The van der Waals surface area contributed by atoms with Crippen molar-refractivity contribution in [3.63, 3.8) is 0 Å². The summed E-state index contributed by atoms with van der Waals surface area (Å²) < 4.78 is 16.1. The zero-order valence-corrected chi connectivity index (χ0v) is 14.3. The summed E-state index contributed by atoms with van der Waals surface area (Å²) >= 11 is 0. The molecule has 2 rings (SSSR count). The second-order valence-electron chi connectivity index (χ2n) is 5.14. The third-order valence-electron chi connectivity index (χ3n) is 3.64. The van der Waals surface area contributed by atoms with Crippen LogP contribution in [0.4, 0.5) is 0 Å². The van der Waals surface area contributed by atoms with Gasteiger partial charge in [0.25, 0.3) is 5.91 Å². The third-order valence-corrected chi connectivity index (χ3v) is 3.64. The highest BCUT2D eigenvalue weighted by molar-refractivity contribution is 5.97. The van der Waals surface area contributed by atoms with E-state index in [1.807, 2.05) is 24.3 Å². The van der Waals surface area contributed by atoms with Crippen molar-refractivity contribution < 1.29 is 19.0 Å². The van der Waals surface area contributed by atoms with E-state index in [1.54, 1.807) is 18.2 Å². The molecule has 0 atom stereocenters.